The van der Waals surface area contributed by atoms with Crippen molar-refractivity contribution in [2.75, 3.05) is 13.1 Å². The molecule has 2 aliphatic carbocycles. The molecule has 3 rings (SSSR count). The maximum Gasteiger partial charge on any atom is 0.153 e. The Hall–Kier alpha value is -1.15. The highest BCUT2D eigenvalue weighted by molar-refractivity contribution is 5.89. The van der Waals surface area contributed by atoms with E-state index in [-0.39, 0.29) is 5.54 Å². The second-order valence-electron chi connectivity index (χ2n) is 6.64. The molecular formula is C19H27NO. The third kappa shape index (κ3) is 2.44. The maximum absolute atomic E-state index is 13.1. The zero-order valence-corrected chi connectivity index (χ0v) is 13.4. The summed E-state index contributed by atoms with van der Waals surface area (Å²) in [4.78, 5) is 15.5. The van der Waals surface area contributed by atoms with Crippen molar-refractivity contribution in [1.82, 2.24) is 4.90 Å². The van der Waals surface area contributed by atoms with E-state index in [2.05, 4.69) is 43.0 Å². The molecule has 0 aliphatic heterocycles. The van der Waals surface area contributed by atoms with Crippen LogP contribution in [-0.4, -0.2) is 29.3 Å². The lowest BCUT2D eigenvalue weighted by Crippen LogP contribution is -2.53. The zero-order chi connectivity index (χ0) is 14.9. The molecule has 1 saturated carbocycles. The van der Waals surface area contributed by atoms with E-state index in [0.717, 1.165) is 38.8 Å². The van der Waals surface area contributed by atoms with Gasteiger partial charge in [-0.2, -0.15) is 0 Å². The molecule has 0 bridgehead atoms. The number of hydrogen-bond acceptors (Lipinski definition) is 2. The Morgan fingerprint density at radius 1 is 1.19 bits per heavy atom. The van der Waals surface area contributed by atoms with E-state index in [1.165, 1.54) is 24.0 Å². The third-order valence-corrected chi connectivity index (χ3v) is 5.71. The Kier molecular flexibility index (Phi) is 4.17. The summed E-state index contributed by atoms with van der Waals surface area (Å²) in [6.45, 7) is 6.36. The normalized spacial score (nSPS) is 22.9. The number of hydrogen-bond donors (Lipinski definition) is 0. The van der Waals surface area contributed by atoms with E-state index in [9.17, 15) is 4.79 Å². The molecule has 2 heteroatoms. The Morgan fingerprint density at radius 2 is 1.86 bits per heavy atom. The Bertz CT molecular complexity index is 512. The standard InChI is InChI=1S/C19H27NO/c1-3-20(4-2)19(11-7-8-12-19)18(21)14-16-13-15-9-5-6-10-17(15)16/h5-6,9-10,16H,3-4,7-8,11-14H2,1-2H3. The molecule has 1 atom stereocenters. The molecule has 21 heavy (non-hydrogen) atoms. The van der Waals surface area contributed by atoms with Gasteiger partial charge in [-0.15, -0.1) is 0 Å². The summed E-state index contributed by atoms with van der Waals surface area (Å²) >= 11 is 0. The molecule has 0 radical (unpaired) electrons. The molecular weight excluding hydrogens is 258 g/mol. The van der Waals surface area contributed by atoms with Crippen LogP contribution in [0, 0.1) is 0 Å². The van der Waals surface area contributed by atoms with Gasteiger partial charge in [0.15, 0.2) is 5.78 Å². The lowest BCUT2D eigenvalue weighted by atomic mass is 9.72. The minimum absolute atomic E-state index is 0.145. The number of carbonyl (C=O) groups excluding carboxylic acids is 1. The van der Waals surface area contributed by atoms with Crippen molar-refractivity contribution in [2.24, 2.45) is 0 Å². The molecule has 0 amide bonds. The summed E-state index contributed by atoms with van der Waals surface area (Å²) in [5.74, 6) is 0.977. The minimum atomic E-state index is -0.145. The number of nitrogens with zero attached hydrogens (tertiary/aromatic N) is 1. The van der Waals surface area contributed by atoms with Gasteiger partial charge in [0.1, 0.15) is 0 Å². The smallest absolute Gasteiger partial charge is 0.153 e. The molecule has 1 aromatic rings. The van der Waals surface area contributed by atoms with Gasteiger partial charge in [-0.3, -0.25) is 9.69 Å². The minimum Gasteiger partial charge on any atom is -0.298 e. The fourth-order valence-corrected chi connectivity index (χ4v) is 4.52. The first kappa shape index (κ1) is 14.8. The third-order valence-electron chi connectivity index (χ3n) is 5.71. The number of rotatable bonds is 6. The summed E-state index contributed by atoms with van der Waals surface area (Å²) in [5, 5.41) is 0. The van der Waals surface area contributed by atoms with E-state index in [0.29, 0.717) is 11.7 Å². The number of Topliss-reactive ketones (excluding diaryl/α,β-unsaturated/α-hetero) is 1. The second-order valence-corrected chi connectivity index (χ2v) is 6.64. The summed E-state index contributed by atoms with van der Waals surface area (Å²) < 4.78 is 0. The molecule has 2 nitrogen and oxygen atoms in total. The van der Waals surface area contributed by atoms with Crippen molar-refractivity contribution in [3.8, 4) is 0 Å². The van der Waals surface area contributed by atoms with Gasteiger partial charge < -0.3 is 0 Å². The zero-order valence-electron chi connectivity index (χ0n) is 13.4. The number of benzene rings is 1. The highest BCUT2D eigenvalue weighted by Crippen LogP contribution is 2.42. The van der Waals surface area contributed by atoms with Crippen molar-refractivity contribution < 1.29 is 4.79 Å². The number of likely N-dealkylation sites (N-methyl/N-ethyl adjacent to an activating group) is 1. The summed E-state index contributed by atoms with van der Waals surface area (Å²) in [7, 11) is 0. The summed E-state index contributed by atoms with van der Waals surface area (Å²) in [5.41, 5.74) is 2.71. The van der Waals surface area contributed by atoms with Crippen molar-refractivity contribution in [3.05, 3.63) is 35.4 Å². The monoisotopic (exact) mass is 285 g/mol. The first-order valence-corrected chi connectivity index (χ1v) is 8.57. The number of fused-ring (bicyclic) bond motifs is 1. The molecule has 0 heterocycles. The van der Waals surface area contributed by atoms with Crippen LogP contribution >= 0.6 is 0 Å². The summed E-state index contributed by atoms with van der Waals surface area (Å²) in [6.07, 6.45) is 6.40. The number of ketones is 1. The fourth-order valence-electron chi connectivity index (χ4n) is 4.52. The van der Waals surface area contributed by atoms with Crippen molar-refractivity contribution in [2.45, 2.75) is 63.8 Å². The molecule has 0 aromatic heterocycles. The van der Waals surface area contributed by atoms with Crippen LogP contribution in [0.5, 0.6) is 0 Å². The van der Waals surface area contributed by atoms with E-state index < -0.39 is 0 Å². The van der Waals surface area contributed by atoms with E-state index in [4.69, 9.17) is 0 Å². The lowest BCUT2D eigenvalue weighted by molar-refractivity contribution is -0.131. The molecule has 1 fully saturated rings. The van der Waals surface area contributed by atoms with Crippen molar-refractivity contribution >= 4 is 5.78 Å². The van der Waals surface area contributed by atoms with E-state index in [1.807, 2.05) is 0 Å². The Labute approximate surface area is 128 Å². The van der Waals surface area contributed by atoms with Crippen molar-refractivity contribution in [3.63, 3.8) is 0 Å². The molecule has 0 saturated heterocycles. The lowest BCUT2D eigenvalue weighted by Gasteiger charge is -2.41. The van der Waals surface area contributed by atoms with Gasteiger partial charge in [0, 0.05) is 6.42 Å². The van der Waals surface area contributed by atoms with Crippen molar-refractivity contribution in [1.29, 1.82) is 0 Å². The van der Waals surface area contributed by atoms with Gasteiger partial charge in [0.05, 0.1) is 5.54 Å². The van der Waals surface area contributed by atoms with E-state index >= 15 is 0 Å². The maximum atomic E-state index is 13.1. The number of carbonyl (C=O) groups is 1. The summed E-state index contributed by atoms with van der Waals surface area (Å²) in [6, 6.07) is 8.61. The van der Waals surface area contributed by atoms with Crippen LogP contribution < -0.4 is 0 Å². The highest BCUT2D eigenvalue weighted by Gasteiger charge is 2.45. The quantitative estimate of drug-likeness (QED) is 0.789. The largest absolute Gasteiger partial charge is 0.298 e. The molecule has 114 valence electrons. The average molecular weight is 285 g/mol. The first-order chi connectivity index (χ1) is 10.2. The van der Waals surface area contributed by atoms with Crippen LogP contribution in [0.3, 0.4) is 0 Å². The molecule has 0 spiro atoms. The predicted octanol–water partition coefficient (Wildman–Crippen LogP) is 3.94. The van der Waals surface area contributed by atoms with Gasteiger partial charge in [-0.25, -0.2) is 0 Å². The van der Waals surface area contributed by atoms with Crippen LogP contribution in [0.15, 0.2) is 24.3 Å². The van der Waals surface area contributed by atoms with Gasteiger partial charge >= 0.3 is 0 Å². The predicted molar refractivity (Wildman–Crippen MR) is 86.6 cm³/mol. The molecule has 2 aliphatic rings. The van der Waals surface area contributed by atoms with Gasteiger partial charge in [0.25, 0.3) is 0 Å². The van der Waals surface area contributed by atoms with Gasteiger partial charge in [-0.05, 0) is 49.4 Å². The Balaban J connectivity index is 1.74. The van der Waals surface area contributed by atoms with Gasteiger partial charge in [0.2, 0.25) is 0 Å². The second kappa shape index (κ2) is 5.92. The highest BCUT2D eigenvalue weighted by atomic mass is 16.1. The molecule has 0 N–H and O–H groups in total. The topological polar surface area (TPSA) is 20.3 Å². The molecule has 1 aromatic carbocycles. The van der Waals surface area contributed by atoms with Gasteiger partial charge in [-0.1, -0.05) is 51.0 Å². The van der Waals surface area contributed by atoms with Crippen LogP contribution in [0.1, 0.15) is 63.0 Å². The SMILES string of the molecule is CCN(CC)C1(C(=O)CC2Cc3ccccc32)CCCC1. The fraction of sp³-hybridized carbons (Fsp3) is 0.632. The van der Waals surface area contributed by atoms with Crippen LogP contribution in [0.4, 0.5) is 0 Å². The van der Waals surface area contributed by atoms with Crippen LogP contribution in [0.2, 0.25) is 0 Å². The average Bonchev–Trinajstić information content (AvgIpc) is 2.97. The van der Waals surface area contributed by atoms with Crippen LogP contribution in [0.25, 0.3) is 0 Å². The van der Waals surface area contributed by atoms with E-state index in [1.54, 1.807) is 0 Å². The molecule has 1 unspecified atom stereocenters. The Morgan fingerprint density at radius 3 is 2.48 bits per heavy atom. The van der Waals surface area contributed by atoms with Crippen LogP contribution in [-0.2, 0) is 11.2 Å². The first-order valence-electron chi connectivity index (χ1n) is 8.57.